The molecule has 0 atom stereocenters. The summed E-state index contributed by atoms with van der Waals surface area (Å²) in [5, 5.41) is 0. The zero-order valence-corrected chi connectivity index (χ0v) is 23.1. The van der Waals surface area contributed by atoms with E-state index >= 15 is 0 Å². The van der Waals surface area contributed by atoms with E-state index in [9.17, 15) is 31.2 Å². The maximum atomic E-state index is 13.6. The lowest BCUT2D eigenvalue weighted by molar-refractivity contribution is -0.118. The fourth-order valence-electron chi connectivity index (χ4n) is 5.01. The zero-order valence-electron chi connectivity index (χ0n) is 22.2. The van der Waals surface area contributed by atoms with E-state index in [0.29, 0.717) is 60.3 Å². The Labute approximate surface area is 235 Å². The van der Waals surface area contributed by atoms with Gasteiger partial charge in [0, 0.05) is 30.5 Å². The van der Waals surface area contributed by atoms with E-state index in [-0.39, 0.29) is 31.2 Å². The van der Waals surface area contributed by atoms with Gasteiger partial charge in [-0.2, -0.15) is 13.2 Å². The van der Waals surface area contributed by atoms with Gasteiger partial charge in [-0.3, -0.25) is 19.5 Å². The lowest BCUT2D eigenvalue weighted by Gasteiger charge is -2.31. The third-order valence-corrected chi connectivity index (χ3v) is 8.37. The number of carbonyl (C=O) groups is 2. The number of rotatable bonds is 10. The van der Waals surface area contributed by atoms with Crippen molar-refractivity contribution in [2.45, 2.75) is 38.1 Å². The van der Waals surface area contributed by atoms with E-state index in [1.54, 1.807) is 42.1 Å². The molecule has 0 spiro atoms. The summed E-state index contributed by atoms with van der Waals surface area (Å²) >= 11 is 0. The summed E-state index contributed by atoms with van der Waals surface area (Å²) < 4.78 is 63.9. The minimum atomic E-state index is -5.39. The number of benzene rings is 1. The number of hydrogen-bond acceptors (Lipinski definition) is 6. The van der Waals surface area contributed by atoms with Crippen molar-refractivity contribution in [3.8, 4) is 5.69 Å². The number of nitrogens with one attached hydrogen (secondary N) is 1. The van der Waals surface area contributed by atoms with Crippen LogP contribution in [-0.2, 0) is 21.2 Å². The van der Waals surface area contributed by atoms with Gasteiger partial charge in [-0.1, -0.05) is 12.1 Å². The maximum absolute atomic E-state index is 13.6. The Bertz CT molecular complexity index is 1600. The van der Waals surface area contributed by atoms with Crippen molar-refractivity contribution in [1.29, 1.82) is 0 Å². The van der Waals surface area contributed by atoms with Crippen LogP contribution < -0.4 is 10.5 Å². The summed E-state index contributed by atoms with van der Waals surface area (Å²) in [5.74, 6) is -0.900. The highest BCUT2D eigenvalue weighted by atomic mass is 32.2. The highest BCUT2D eigenvalue weighted by Crippen LogP contribution is 2.31. The number of halogens is 3. The van der Waals surface area contributed by atoms with Crippen LogP contribution in [0, 0.1) is 19.4 Å². The van der Waals surface area contributed by atoms with E-state index in [1.807, 2.05) is 15.5 Å². The van der Waals surface area contributed by atoms with Gasteiger partial charge in [0.15, 0.2) is 11.5 Å². The molecular formula is C27H29F3N6O4S. The predicted octanol–water partition coefficient (Wildman–Crippen LogP) is 3.64. The first-order valence-corrected chi connectivity index (χ1v) is 14.4. The second-order valence-electron chi connectivity index (χ2n) is 10.0. The number of fused-ring (bicyclic) bond motifs is 1. The van der Waals surface area contributed by atoms with Crippen LogP contribution in [0.5, 0.6) is 0 Å². The van der Waals surface area contributed by atoms with Gasteiger partial charge in [-0.05, 0) is 69.0 Å². The molecule has 1 aromatic carbocycles. The van der Waals surface area contributed by atoms with Crippen LogP contribution in [0.1, 0.15) is 40.9 Å². The Morgan fingerprint density at radius 1 is 1.20 bits per heavy atom. The molecule has 3 heterocycles. The lowest BCUT2D eigenvalue weighted by atomic mass is 9.96. The van der Waals surface area contributed by atoms with Gasteiger partial charge in [-0.25, -0.2) is 18.0 Å². The molecule has 218 valence electrons. The number of primary amides is 1. The van der Waals surface area contributed by atoms with E-state index in [2.05, 4.69) is 9.83 Å². The molecular weight excluding hydrogens is 561 g/mol. The number of amides is 1. The molecule has 3 N–H and O–H groups in total. The number of alkyl halides is 3. The Balaban J connectivity index is 1.55. The molecule has 0 saturated carbocycles. The second kappa shape index (κ2) is 12.0. The average Bonchev–Trinajstić information content (AvgIpc) is 3.22. The van der Waals surface area contributed by atoms with Crippen LogP contribution in [-0.4, -0.2) is 66.2 Å². The molecule has 1 fully saturated rings. The second-order valence-corrected chi connectivity index (χ2v) is 11.8. The number of piperidine rings is 1. The Kier molecular flexibility index (Phi) is 8.81. The number of hydrogen-bond donors (Lipinski definition) is 2. The minimum Gasteiger partial charge on any atom is -0.370 e. The molecule has 0 radical (unpaired) electrons. The van der Waals surface area contributed by atoms with Crippen molar-refractivity contribution in [1.82, 2.24) is 19.2 Å². The molecule has 1 amide bonds. The molecule has 0 aliphatic carbocycles. The van der Waals surface area contributed by atoms with E-state index in [0.717, 1.165) is 11.3 Å². The van der Waals surface area contributed by atoms with Gasteiger partial charge in [0.2, 0.25) is 5.91 Å². The smallest absolute Gasteiger partial charge is 0.370 e. The molecule has 1 aliphatic rings. The summed E-state index contributed by atoms with van der Waals surface area (Å²) in [6.45, 7) is 9.61. The number of aryl methyl sites for hydroxylation is 1. The monoisotopic (exact) mass is 590 g/mol. The number of carbonyl (C=O) groups excluding carboxylic acids is 2. The number of aromatic nitrogens is 2. The highest BCUT2D eigenvalue weighted by Gasteiger charge is 2.45. The summed E-state index contributed by atoms with van der Waals surface area (Å²) in [7, 11) is -5.39. The van der Waals surface area contributed by atoms with Crippen molar-refractivity contribution in [2.75, 3.05) is 26.2 Å². The first-order valence-electron chi connectivity index (χ1n) is 12.9. The Morgan fingerprint density at radius 3 is 2.44 bits per heavy atom. The first-order chi connectivity index (χ1) is 19.3. The van der Waals surface area contributed by atoms with Gasteiger partial charge < -0.3 is 10.3 Å². The van der Waals surface area contributed by atoms with Crippen LogP contribution >= 0.6 is 0 Å². The number of nitrogens with two attached hydrogens (primary N) is 1. The molecule has 41 heavy (non-hydrogen) atoms. The number of sulfonamides is 1. The molecule has 1 saturated heterocycles. The average molecular weight is 591 g/mol. The topological polar surface area (TPSA) is 132 Å². The van der Waals surface area contributed by atoms with Crippen molar-refractivity contribution >= 4 is 38.4 Å². The summed E-state index contributed by atoms with van der Waals surface area (Å²) in [5.41, 5.74) is 4.15. The molecule has 4 rings (SSSR count). The van der Waals surface area contributed by atoms with Gasteiger partial charge in [0.25, 0.3) is 0 Å². The van der Waals surface area contributed by atoms with Gasteiger partial charge in [-0.15, -0.1) is 0 Å². The standard InChI is InChI=1S/C27H29F3N6O4S/c1-17-25(23(37)16-35-11-9-18(10-12-35)15-34-41(39,40)27(28,29)30)26-22(13-19(14-33-26)3-8-24(31)38)36(17)21-6-4-20(32-2)5-7-21/h4-7,13-14,18,34H,3,8-12,15-16H2,1H3,(H2,31,38). The number of Topliss-reactive ketones (excluding diaryl/α,β-unsaturated/α-hetero) is 1. The Morgan fingerprint density at radius 2 is 1.85 bits per heavy atom. The molecule has 2 aromatic heterocycles. The van der Waals surface area contributed by atoms with E-state index in [1.165, 1.54) is 0 Å². The number of pyridine rings is 1. The van der Waals surface area contributed by atoms with Crippen molar-refractivity contribution in [2.24, 2.45) is 11.7 Å². The van der Waals surface area contributed by atoms with Crippen molar-refractivity contribution < 1.29 is 31.2 Å². The molecule has 14 heteroatoms. The van der Waals surface area contributed by atoms with Crippen molar-refractivity contribution in [3.63, 3.8) is 0 Å². The van der Waals surface area contributed by atoms with E-state index < -0.39 is 21.4 Å². The Hall–Kier alpha value is -3.80. The molecule has 1 aliphatic heterocycles. The molecule has 3 aromatic rings. The van der Waals surface area contributed by atoms with E-state index in [4.69, 9.17) is 12.3 Å². The number of likely N-dealkylation sites (tertiary alicyclic amines) is 1. The van der Waals surface area contributed by atoms with Crippen LogP contribution in [0.2, 0.25) is 0 Å². The van der Waals surface area contributed by atoms with Crippen LogP contribution in [0.15, 0.2) is 36.5 Å². The largest absolute Gasteiger partial charge is 0.511 e. The first kappa shape index (κ1) is 30.2. The highest BCUT2D eigenvalue weighted by molar-refractivity contribution is 7.90. The number of ketones is 1. The molecule has 0 unspecified atom stereocenters. The van der Waals surface area contributed by atoms with Gasteiger partial charge in [0.1, 0.15) is 0 Å². The van der Waals surface area contributed by atoms with Crippen LogP contribution in [0.3, 0.4) is 0 Å². The third kappa shape index (κ3) is 6.75. The molecule has 10 nitrogen and oxygen atoms in total. The van der Waals surface area contributed by atoms with Crippen LogP contribution in [0.25, 0.3) is 21.6 Å². The van der Waals surface area contributed by atoms with Crippen LogP contribution in [0.4, 0.5) is 18.9 Å². The normalized spacial score (nSPS) is 15.2. The van der Waals surface area contributed by atoms with Gasteiger partial charge >= 0.3 is 15.5 Å². The predicted molar refractivity (Wildman–Crippen MR) is 146 cm³/mol. The zero-order chi connectivity index (χ0) is 29.9. The number of nitrogens with zero attached hydrogens (tertiary/aromatic N) is 4. The summed E-state index contributed by atoms with van der Waals surface area (Å²) in [4.78, 5) is 34.8. The SMILES string of the molecule is [C-]#[N+]c1ccc(-n2c(C)c(C(=O)CN3CCC(CNS(=O)(=O)C(F)(F)F)CC3)c3ncc(CCC(N)=O)cc32)cc1. The fraction of sp³-hybridized carbons (Fsp3) is 0.407. The minimum absolute atomic E-state index is 0.0583. The fourth-order valence-corrected chi connectivity index (χ4v) is 5.63. The molecule has 0 bridgehead atoms. The maximum Gasteiger partial charge on any atom is 0.511 e. The third-order valence-electron chi connectivity index (χ3n) is 7.22. The lowest BCUT2D eigenvalue weighted by Crippen LogP contribution is -2.43. The summed E-state index contributed by atoms with van der Waals surface area (Å²) in [6.07, 6.45) is 3.01. The quantitative estimate of drug-likeness (QED) is 0.274. The summed E-state index contributed by atoms with van der Waals surface area (Å²) in [6, 6.07) is 8.78. The van der Waals surface area contributed by atoms with Gasteiger partial charge in [0.05, 0.1) is 29.7 Å². The van der Waals surface area contributed by atoms with Crippen molar-refractivity contribution in [3.05, 3.63) is 64.8 Å².